The molecule has 136 valence electrons. The van der Waals surface area contributed by atoms with Crippen molar-refractivity contribution >= 4 is 23.2 Å². The van der Waals surface area contributed by atoms with Gasteiger partial charge in [0, 0.05) is 30.5 Å². The molecule has 0 atom stereocenters. The number of nitrogens with one attached hydrogen (secondary N) is 1. The van der Waals surface area contributed by atoms with E-state index in [4.69, 9.17) is 0 Å². The van der Waals surface area contributed by atoms with Crippen molar-refractivity contribution in [1.29, 1.82) is 0 Å². The molecule has 4 rings (SSSR count). The molecule has 1 aliphatic rings. The molecule has 1 aromatic heterocycles. The second-order valence-corrected chi connectivity index (χ2v) is 6.55. The molecule has 0 bridgehead atoms. The van der Waals surface area contributed by atoms with E-state index in [2.05, 4.69) is 10.4 Å². The Balaban J connectivity index is 1.37. The molecule has 6 heteroatoms. The van der Waals surface area contributed by atoms with Crippen LogP contribution in [0.4, 0.5) is 11.4 Å². The van der Waals surface area contributed by atoms with Crippen molar-refractivity contribution in [2.75, 3.05) is 16.8 Å². The minimum atomic E-state index is -0.104. The summed E-state index contributed by atoms with van der Waals surface area (Å²) in [6.45, 7) is 0.760. The van der Waals surface area contributed by atoms with Crippen LogP contribution >= 0.6 is 0 Å². The highest BCUT2D eigenvalue weighted by Crippen LogP contribution is 2.23. The summed E-state index contributed by atoms with van der Waals surface area (Å²) < 4.78 is 1.75. The van der Waals surface area contributed by atoms with Crippen LogP contribution in [0, 0.1) is 0 Å². The average molecular weight is 360 g/mol. The third kappa shape index (κ3) is 3.89. The van der Waals surface area contributed by atoms with Gasteiger partial charge in [0.05, 0.1) is 18.3 Å². The van der Waals surface area contributed by atoms with Crippen molar-refractivity contribution in [2.24, 2.45) is 0 Å². The molecule has 0 radical (unpaired) electrons. The summed E-state index contributed by atoms with van der Waals surface area (Å²) in [6, 6.07) is 17.2. The standard InChI is InChI=1S/C21H20N4O2/c26-20(13-16-14-22-25(15-16)19-5-2-1-3-6-19)23-17-8-10-18(11-9-17)24-12-4-7-21(24)27/h1-3,5-6,8-11,14-15H,4,7,12-13H2,(H,23,26). The predicted octanol–water partition coefficient (Wildman–Crippen LogP) is 3.18. The Kier molecular flexibility index (Phi) is 4.70. The fourth-order valence-corrected chi connectivity index (χ4v) is 3.21. The molecule has 1 aliphatic heterocycles. The maximum atomic E-state index is 12.3. The second kappa shape index (κ2) is 7.45. The van der Waals surface area contributed by atoms with Gasteiger partial charge < -0.3 is 10.2 Å². The van der Waals surface area contributed by atoms with E-state index in [0.717, 1.165) is 29.9 Å². The van der Waals surface area contributed by atoms with Crippen molar-refractivity contribution in [2.45, 2.75) is 19.3 Å². The van der Waals surface area contributed by atoms with E-state index in [1.165, 1.54) is 0 Å². The molecular formula is C21H20N4O2. The third-order valence-electron chi connectivity index (χ3n) is 4.56. The molecule has 3 aromatic rings. The molecule has 2 aromatic carbocycles. The number of hydrogen-bond acceptors (Lipinski definition) is 3. The van der Waals surface area contributed by atoms with Gasteiger partial charge in [0.1, 0.15) is 0 Å². The summed E-state index contributed by atoms with van der Waals surface area (Å²) >= 11 is 0. The zero-order valence-corrected chi connectivity index (χ0v) is 14.8. The van der Waals surface area contributed by atoms with E-state index >= 15 is 0 Å². The first kappa shape index (κ1) is 17.0. The number of benzene rings is 2. The highest BCUT2D eigenvalue weighted by Gasteiger charge is 2.21. The maximum Gasteiger partial charge on any atom is 0.228 e. The lowest BCUT2D eigenvalue weighted by Crippen LogP contribution is -2.23. The van der Waals surface area contributed by atoms with Crippen LogP contribution in [0.15, 0.2) is 67.0 Å². The molecule has 2 amide bonds. The van der Waals surface area contributed by atoms with Crippen molar-refractivity contribution in [3.63, 3.8) is 0 Å². The van der Waals surface area contributed by atoms with Crippen LogP contribution in [-0.4, -0.2) is 28.1 Å². The zero-order valence-electron chi connectivity index (χ0n) is 14.8. The number of amides is 2. The first-order valence-corrected chi connectivity index (χ1v) is 8.98. The number of carbonyl (C=O) groups excluding carboxylic acids is 2. The van der Waals surface area contributed by atoms with Gasteiger partial charge in [-0.2, -0.15) is 5.10 Å². The molecule has 27 heavy (non-hydrogen) atoms. The molecule has 0 unspecified atom stereocenters. The number of carbonyl (C=O) groups is 2. The number of para-hydroxylation sites is 1. The second-order valence-electron chi connectivity index (χ2n) is 6.55. The smallest absolute Gasteiger partial charge is 0.228 e. The zero-order chi connectivity index (χ0) is 18.6. The fraction of sp³-hybridized carbons (Fsp3) is 0.190. The van der Waals surface area contributed by atoms with Crippen LogP contribution < -0.4 is 10.2 Å². The lowest BCUT2D eigenvalue weighted by atomic mass is 10.2. The van der Waals surface area contributed by atoms with Crippen molar-refractivity contribution in [3.05, 3.63) is 72.6 Å². The van der Waals surface area contributed by atoms with E-state index in [1.807, 2.05) is 60.8 Å². The maximum absolute atomic E-state index is 12.3. The monoisotopic (exact) mass is 360 g/mol. The molecule has 0 saturated carbocycles. The molecule has 2 heterocycles. The highest BCUT2D eigenvalue weighted by atomic mass is 16.2. The SMILES string of the molecule is O=C(Cc1cnn(-c2ccccc2)c1)Nc1ccc(N2CCCC2=O)cc1. The number of nitrogens with zero attached hydrogens (tertiary/aromatic N) is 3. The number of rotatable bonds is 5. The summed E-state index contributed by atoms with van der Waals surface area (Å²) in [5.74, 6) is 0.0508. The van der Waals surface area contributed by atoms with E-state index in [-0.39, 0.29) is 18.2 Å². The Bertz CT molecular complexity index is 948. The van der Waals surface area contributed by atoms with Crippen LogP contribution in [0.3, 0.4) is 0 Å². The van der Waals surface area contributed by atoms with E-state index < -0.39 is 0 Å². The van der Waals surface area contributed by atoms with Gasteiger partial charge in [-0.3, -0.25) is 9.59 Å². The van der Waals surface area contributed by atoms with Crippen LogP contribution in [0.1, 0.15) is 18.4 Å². The largest absolute Gasteiger partial charge is 0.326 e. The molecule has 1 saturated heterocycles. The average Bonchev–Trinajstić information content (AvgIpc) is 3.32. The minimum absolute atomic E-state index is 0.104. The van der Waals surface area contributed by atoms with Gasteiger partial charge in [-0.25, -0.2) is 4.68 Å². The normalized spacial score (nSPS) is 13.8. The van der Waals surface area contributed by atoms with Gasteiger partial charge in [0.15, 0.2) is 0 Å². The van der Waals surface area contributed by atoms with Crippen LogP contribution in [0.5, 0.6) is 0 Å². The Morgan fingerprint density at radius 3 is 2.52 bits per heavy atom. The molecule has 0 spiro atoms. The predicted molar refractivity (Wildman–Crippen MR) is 104 cm³/mol. The van der Waals surface area contributed by atoms with Gasteiger partial charge in [0.25, 0.3) is 0 Å². The quantitative estimate of drug-likeness (QED) is 0.760. The Hall–Kier alpha value is -3.41. The molecule has 1 N–H and O–H groups in total. The van der Waals surface area contributed by atoms with Gasteiger partial charge in [0.2, 0.25) is 11.8 Å². The van der Waals surface area contributed by atoms with Gasteiger partial charge in [-0.15, -0.1) is 0 Å². The van der Waals surface area contributed by atoms with Gasteiger partial charge in [-0.05, 0) is 48.4 Å². The number of anilines is 2. The number of hydrogen-bond donors (Lipinski definition) is 1. The highest BCUT2D eigenvalue weighted by molar-refractivity contribution is 5.96. The first-order valence-electron chi connectivity index (χ1n) is 8.98. The topological polar surface area (TPSA) is 67.2 Å². The van der Waals surface area contributed by atoms with E-state index in [9.17, 15) is 9.59 Å². The van der Waals surface area contributed by atoms with Crippen molar-refractivity contribution in [1.82, 2.24) is 9.78 Å². The molecular weight excluding hydrogens is 340 g/mol. The summed E-state index contributed by atoms with van der Waals surface area (Å²) in [5.41, 5.74) is 3.39. The summed E-state index contributed by atoms with van der Waals surface area (Å²) in [5, 5.41) is 7.20. The van der Waals surface area contributed by atoms with Gasteiger partial charge in [-0.1, -0.05) is 18.2 Å². The molecule has 0 aliphatic carbocycles. The Labute approximate surface area is 157 Å². The summed E-state index contributed by atoms with van der Waals surface area (Å²) in [4.78, 5) is 25.9. The molecule has 1 fully saturated rings. The number of aromatic nitrogens is 2. The minimum Gasteiger partial charge on any atom is -0.326 e. The van der Waals surface area contributed by atoms with Gasteiger partial charge >= 0.3 is 0 Å². The first-order chi connectivity index (χ1) is 13.2. The van der Waals surface area contributed by atoms with Crippen LogP contribution in [-0.2, 0) is 16.0 Å². The van der Waals surface area contributed by atoms with Crippen LogP contribution in [0.25, 0.3) is 5.69 Å². The van der Waals surface area contributed by atoms with Crippen molar-refractivity contribution < 1.29 is 9.59 Å². The van der Waals surface area contributed by atoms with E-state index in [1.54, 1.807) is 15.8 Å². The third-order valence-corrected chi connectivity index (χ3v) is 4.56. The Morgan fingerprint density at radius 2 is 1.81 bits per heavy atom. The Morgan fingerprint density at radius 1 is 1.04 bits per heavy atom. The lowest BCUT2D eigenvalue weighted by molar-refractivity contribution is -0.117. The van der Waals surface area contributed by atoms with Crippen LogP contribution in [0.2, 0.25) is 0 Å². The summed E-state index contributed by atoms with van der Waals surface area (Å²) in [6.07, 6.45) is 5.31. The lowest BCUT2D eigenvalue weighted by Gasteiger charge is -2.16. The van der Waals surface area contributed by atoms with Crippen molar-refractivity contribution in [3.8, 4) is 5.69 Å². The van der Waals surface area contributed by atoms with E-state index in [0.29, 0.717) is 12.1 Å². The molecule has 6 nitrogen and oxygen atoms in total. The summed E-state index contributed by atoms with van der Waals surface area (Å²) in [7, 11) is 0. The fourth-order valence-electron chi connectivity index (χ4n) is 3.21.